The fourth-order valence-corrected chi connectivity index (χ4v) is 3.09. The van der Waals surface area contributed by atoms with Crippen LogP contribution in [0.5, 0.6) is 0 Å². The van der Waals surface area contributed by atoms with Gasteiger partial charge in [-0.15, -0.1) is 0 Å². The van der Waals surface area contributed by atoms with Gasteiger partial charge in [0.2, 0.25) is 11.8 Å². The molecule has 1 N–H and O–H groups in total. The van der Waals surface area contributed by atoms with E-state index >= 15 is 0 Å². The molecule has 1 aromatic rings. The molecule has 1 saturated carbocycles. The van der Waals surface area contributed by atoms with Crippen LogP contribution in [0.1, 0.15) is 51.2 Å². The zero-order valence-corrected chi connectivity index (χ0v) is 14.8. The highest BCUT2D eigenvalue weighted by atomic mass is 16.2. The topological polar surface area (TPSA) is 49.4 Å². The standard InChI is InChI=1S/C19H28N2O2/c1-6-21(7-2)19(23)16-11-15(16)18(22)20-17-13(5)9-8-10-14(17)12(3)4/h8-10,12,15-16H,6-7,11H2,1-5H3,(H,20,22). The third-order valence-electron chi connectivity index (χ3n) is 4.69. The first-order valence-corrected chi connectivity index (χ1v) is 8.59. The third kappa shape index (κ3) is 3.74. The van der Waals surface area contributed by atoms with E-state index in [-0.39, 0.29) is 23.7 Å². The van der Waals surface area contributed by atoms with Gasteiger partial charge in [-0.05, 0) is 44.2 Å². The molecule has 0 radical (unpaired) electrons. The number of aryl methyl sites for hydroxylation is 1. The Morgan fingerprint density at radius 1 is 1.22 bits per heavy atom. The Balaban J connectivity index is 2.06. The molecule has 2 amide bonds. The average Bonchev–Trinajstić information content (AvgIpc) is 3.30. The van der Waals surface area contributed by atoms with Crippen molar-refractivity contribution in [1.29, 1.82) is 0 Å². The summed E-state index contributed by atoms with van der Waals surface area (Å²) in [7, 11) is 0. The van der Waals surface area contributed by atoms with Gasteiger partial charge in [-0.3, -0.25) is 9.59 Å². The number of rotatable bonds is 6. The van der Waals surface area contributed by atoms with E-state index in [2.05, 4.69) is 25.2 Å². The maximum Gasteiger partial charge on any atom is 0.228 e. The maximum atomic E-state index is 12.5. The zero-order chi connectivity index (χ0) is 17.1. The molecule has 0 spiro atoms. The summed E-state index contributed by atoms with van der Waals surface area (Å²) in [4.78, 5) is 26.7. The predicted octanol–water partition coefficient (Wildman–Crippen LogP) is 3.56. The van der Waals surface area contributed by atoms with Crippen LogP contribution >= 0.6 is 0 Å². The lowest BCUT2D eigenvalue weighted by Crippen LogP contribution is -2.33. The monoisotopic (exact) mass is 316 g/mol. The molecule has 23 heavy (non-hydrogen) atoms. The lowest BCUT2D eigenvalue weighted by atomic mass is 9.98. The first kappa shape index (κ1) is 17.5. The van der Waals surface area contributed by atoms with Crippen molar-refractivity contribution in [3.05, 3.63) is 29.3 Å². The maximum absolute atomic E-state index is 12.5. The molecular weight excluding hydrogens is 288 g/mol. The lowest BCUT2D eigenvalue weighted by Gasteiger charge is -2.19. The summed E-state index contributed by atoms with van der Waals surface area (Å²) in [5, 5.41) is 3.07. The van der Waals surface area contributed by atoms with Crippen LogP contribution in [0.2, 0.25) is 0 Å². The van der Waals surface area contributed by atoms with Crippen molar-refractivity contribution >= 4 is 17.5 Å². The molecule has 126 valence electrons. The van der Waals surface area contributed by atoms with E-state index in [1.165, 1.54) is 0 Å². The van der Waals surface area contributed by atoms with E-state index in [0.29, 0.717) is 25.4 Å². The molecule has 2 rings (SSSR count). The van der Waals surface area contributed by atoms with E-state index in [0.717, 1.165) is 16.8 Å². The third-order valence-corrected chi connectivity index (χ3v) is 4.69. The molecule has 0 aliphatic heterocycles. The van der Waals surface area contributed by atoms with Gasteiger partial charge in [0.05, 0.1) is 11.8 Å². The van der Waals surface area contributed by atoms with Crippen LogP contribution in [-0.4, -0.2) is 29.8 Å². The van der Waals surface area contributed by atoms with Crippen molar-refractivity contribution in [2.45, 2.75) is 47.0 Å². The zero-order valence-electron chi connectivity index (χ0n) is 14.8. The number of benzene rings is 1. The van der Waals surface area contributed by atoms with Crippen LogP contribution in [0, 0.1) is 18.8 Å². The Kier molecular flexibility index (Phi) is 5.45. The summed E-state index contributed by atoms with van der Waals surface area (Å²) in [5.74, 6) is 0.123. The molecular formula is C19H28N2O2. The van der Waals surface area contributed by atoms with Gasteiger partial charge in [0.25, 0.3) is 0 Å². The summed E-state index contributed by atoms with van der Waals surface area (Å²) in [5.41, 5.74) is 3.12. The summed E-state index contributed by atoms with van der Waals surface area (Å²) in [6.45, 7) is 11.6. The number of para-hydroxylation sites is 1. The minimum absolute atomic E-state index is 0.0216. The van der Waals surface area contributed by atoms with Gasteiger partial charge in [-0.25, -0.2) is 0 Å². The van der Waals surface area contributed by atoms with Gasteiger partial charge in [-0.1, -0.05) is 32.0 Å². The number of carbonyl (C=O) groups is 2. The summed E-state index contributed by atoms with van der Waals surface area (Å²) >= 11 is 0. The van der Waals surface area contributed by atoms with E-state index in [1.807, 2.05) is 37.8 Å². The Morgan fingerprint density at radius 2 is 1.87 bits per heavy atom. The highest BCUT2D eigenvalue weighted by Crippen LogP contribution is 2.41. The molecule has 2 atom stereocenters. The normalized spacial score (nSPS) is 19.6. The van der Waals surface area contributed by atoms with Crippen molar-refractivity contribution < 1.29 is 9.59 Å². The van der Waals surface area contributed by atoms with Gasteiger partial charge in [-0.2, -0.15) is 0 Å². The molecule has 0 bridgehead atoms. The van der Waals surface area contributed by atoms with Crippen molar-refractivity contribution in [2.24, 2.45) is 11.8 Å². The van der Waals surface area contributed by atoms with Gasteiger partial charge < -0.3 is 10.2 Å². The van der Waals surface area contributed by atoms with Crippen molar-refractivity contribution in [3.8, 4) is 0 Å². The van der Waals surface area contributed by atoms with Crippen molar-refractivity contribution in [3.63, 3.8) is 0 Å². The van der Waals surface area contributed by atoms with E-state index < -0.39 is 0 Å². The molecule has 1 aromatic carbocycles. The molecule has 2 unspecified atom stereocenters. The molecule has 4 heteroatoms. The number of amides is 2. The van der Waals surface area contributed by atoms with Crippen LogP contribution in [-0.2, 0) is 9.59 Å². The lowest BCUT2D eigenvalue weighted by molar-refractivity contribution is -0.133. The molecule has 4 nitrogen and oxygen atoms in total. The minimum atomic E-state index is -0.178. The first-order chi connectivity index (χ1) is 10.9. The number of anilines is 1. The number of hydrogen-bond donors (Lipinski definition) is 1. The average molecular weight is 316 g/mol. The summed E-state index contributed by atoms with van der Waals surface area (Å²) in [6.07, 6.45) is 0.671. The number of nitrogens with zero attached hydrogens (tertiary/aromatic N) is 1. The van der Waals surface area contributed by atoms with Gasteiger partial charge in [0.1, 0.15) is 0 Å². The number of nitrogens with one attached hydrogen (secondary N) is 1. The Bertz CT molecular complexity index is 591. The number of hydrogen-bond acceptors (Lipinski definition) is 2. The van der Waals surface area contributed by atoms with Crippen molar-refractivity contribution in [2.75, 3.05) is 18.4 Å². The van der Waals surface area contributed by atoms with E-state index in [4.69, 9.17) is 0 Å². The quantitative estimate of drug-likeness (QED) is 0.872. The van der Waals surface area contributed by atoms with Crippen LogP contribution < -0.4 is 5.32 Å². The fraction of sp³-hybridized carbons (Fsp3) is 0.579. The van der Waals surface area contributed by atoms with Gasteiger partial charge in [0.15, 0.2) is 0 Å². The molecule has 1 aliphatic rings. The Morgan fingerprint density at radius 3 is 2.43 bits per heavy atom. The highest BCUT2D eigenvalue weighted by Gasteiger charge is 2.49. The van der Waals surface area contributed by atoms with E-state index in [1.54, 1.807) is 0 Å². The fourth-order valence-electron chi connectivity index (χ4n) is 3.09. The summed E-state index contributed by atoms with van der Waals surface area (Å²) in [6, 6.07) is 6.08. The molecule has 0 heterocycles. The summed E-state index contributed by atoms with van der Waals surface area (Å²) < 4.78 is 0. The first-order valence-electron chi connectivity index (χ1n) is 8.59. The Labute approximate surface area is 139 Å². The minimum Gasteiger partial charge on any atom is -0.343 e. The molecule has 0 saturated heterocycles. The van der Waals surface area contributed by atoms with Crippen LogP contribution in [0.25, 0.3) is 0 Å². The van der Waals surface area contributed by atoms with Crippen LogP contribution in [0.3, 0.4) is 0 Å². The van der Waals surface area contributed by atoms with Crippen LogP contribution in [0.15, 0.2) is 18.2 Å². The second-order valence-electron chi connectivity index (χ2n) is 6.64. The second-order valence-corrected chi connectivity index (χ2v) is 6.64. The number of carbonyl (C=O) groups excluding carboxylic acids is 2. The highest BCUT2D eigenvalue weighted by molar-refractivity contribution is 6.00. The van der Waals surface area contributed by atoms with Crippen molar-refractivity contribution in [1.82, 2.24) is 4.90 Å². The molecule has 1 aliphatic carbocycles. The Hall–Kier alpha value is -1.84. The smallest absolute Gasteiger partial charge is 0.228 e. The largest absolute Gasteiger partial charge is 0.343 e. The second kappa shape index (κ2) is 7.16. The van der Waals surface area contributed by atoms with Gasteiger partial charge in [0, 0.05) is 18.8 Å². The predicted molar refractivity (Wildman–Crippen MR) is 93.4 cm³/mol. The van der Waals surface area contributed by atoms with Gasteiger partial charge >= 0.3 is 0 Å². The SMILES string of the molecule is CCN(CC)C(=O)C1CC1C(=O)Nc1c(C)cccc1C(C)C. The molecule has 0 aromatic heterocycles. The van der Waals surface area contributed by atoms with Crippen LogP contribution in [0.4, 0.5) is 5.69 Å². The van der Waals surface area contributed by atoms with E-state index in [9.17, 15) is 9.59 Å². The molecule has 1 fully saturated rings.